The van der Waals surface area contributed by atoms with E-state index in [4.69, 9.17) is 8.53 Å². The van der Waals surface area contributed by atoms with Gasteiger partial charge in [0.2, 0.25) is 5.76 Å². The first kappa shape index (κ1) is 18.0. The van der Waals surface area contributed by atoms with E-state index in [0.29, 0.717) is 0 Å². The van der Waals surface area contributed by atoms with E-state index in [1.165, 1.54) is 0 Å². The lowest BCUT2D eigenvalue weighted by atomic mass is 10.0. The van der Waals surface area contributed by atoms with Gasteiger partial charge in [0, 0.05) is 0 Å². The zero-order valence-electron chi connectivity index (χ0n) is 18.5. The molecule has 31 heavy (non-hydrogen) atoms. The molecule has 0 saturated heterocycles. The van der Waals surface area contributed by atoms with Crippen molar-refractivity contribution in [1.82, 2.24) is 5.48 Å². The number of hydrogen-bond acceptors (Lipinski definition) is 5. The third kappa shape index (κ3) is 4.08. The number of rotatable bonds is 6. The Bertz CT molecular complexity index is 1230. The molecule has 0 unspecified atom stereocenters. The molecule has 2 amide bonds. The lowest BCUT2D eigenvalue weighted by molar-refractivity contribution is 0.0534. The predicted octanol–water partition coefficient (Wildman–Crippen LogP) is 4.06. The molecule has 1 heterocycles. The van der Waals surface area contributed by atoms with Crippen molar-refractivity contribution in [2.24, 2.45) is 0 Å². The molecule has 3 rings (SSSR count). The van der Waals surface area contributed by atoms with Gasteiger partial charge in [0.25, 0.3) is 11.8 Å². The number of ether oxygens (including phenoxy) is 1. The zero-order valence-corrected chi connectivity index (χ0v) is 15.5. The molecule has 0 fully saturated rings. The van der Waals surface area contributed by atoms with Crippen LogP contribution in [-0.4, -0.2) is 26.0 Å². The summed E-state index contributed by atoms with van der Waals surface area (Å²) in [5, 5.41) is 1.64. The summed E-state index contributed by atoms with van der Waals surface area (Å²) in [7, 11) is -1.77. The van der Waals surface area contributed by atoms with Gasteiger partial charge in [-0.2, -0.15) is 0 Å². The number of hydrogen-bond donors (Lipinski definition) is 2. The molecule has 11 heteroatoms. The number of hydroxylamine groups is 1. The molecule has 0 aliphatic carbocycles. The molecule has 162 valence electrons. The van der Waals surface area contributed by atoms with Crippen molar-refractivity contribution in [3.63, 3.8) is 0 Å². The number of nitrogens with one attached hydrogen (secondary N) is 2. The first-order valence-corrected chi connectivity index (χ1v) is 8.32. The van der Waals surface area contributed by atoms with Crippen LogP contribution >= 0.6 is 0 Å². The van der Waals surface area contributed by atoms with Gasteiger partial charge in [-0.15, -0.1) is 0 Å². The Hall–Kier alpha value is -3.86. The number of anilines is 1. The van der Waals surface area contributed by atoms with E-state index in [9.17, 15) is 27.2 Å². The molecule has 0 atom stereocenters. The molecule has 0 saturated carbocycles. The Morgan fingerprint density at radius 3 is 2.39 bits per heavy atom. The van der Waals surface area contributed by atoms with E-state index in [1.54, 1.807) is 5.32 Å². The van der Waals surface area contributed by atoms with Gasteiger partial charge < -0.3 is 14.5 Å². The van der Waals surface area contributed by atoms with Crippen molar-refractivity contribution in [3.05, 3.63) is 71.2 Å². The Morgan fingerprint density at radius 2 is 1.74 bits per heavy atom. The van der Waals surface area contributed by atoms with Crippen molar-refractivity contribution < 1.29 is 45.3 Å². The molecule has 2 N–H and O–H groups in total. The largest absolute Gasteiger partial charge is 0.497 e. The van der Waals surface area contributed by atoms with Crippen LogP contribution in [0.5, 0.6) is 5.75 Å². The number of benzene rings is 2. The van der Waals surface area contributed by atoms with Gasteiger partial charge >= 0.3 is 0 Å². The van der Waals surface area contributed by atoms with Gasteiger partial charge in [-0.3, -0.25) is 14.4 Å². The van der Waals surface area contributed by atoms with Crippen LogP contribution in [0.4, 0.5) is 23.2 Å². The van der Waals surface area contributed by atoms with Crippen LogP contribution in [0.1, 0.15) is 25.0 Å². The van der Waals surface area contributed by atoms with E-state index in [1.807, 2.05) is 5.48 Å². The number of halogens is 4. The standard InChI is InChI=1S/C20H14F4N2O5/c1-29-10-5-3-4-9(8-10)12-13(21)15(23)17(16(24)14(12)22)25-20(28)18-11(6-7-31-18)19(27)26-30-2/h3-8H,1-2H3,(H,25,28)(H,26,27)/i1D3. The molecular weight excluding hydrogens is 424 g/mol. The topological polar surface area (TPSA) is 89.8 Å². The molecule has 0 spiro atoms. The van der Waals surface area contributed by atoms with Gasteiger partial charge in [0.1, 0.15) is 11.4 Å². The second-order valence-electron chi connectivity index (χ2n) is 5.89. The molecule has 3 aromatic rings. The first-order chi connectivity index (χ1) is 15.9. The van der Waals surface area contributed by atoms with Gasteiger partial charge in [-0.05, 0) is 23.8 Å². The van der Waals surface area contributed by atoms with Gasteiger partial charge in [-0.25, -0.2) is 23.0 Å². The maximum absolute atomic E-state index is 14.8. The maximum atomic E-state index is 14.8. The minimum atomic E-state index is -2.88. The Labute approximate surface area is 176 Å². The molecule has 0 aliphatic heterocycles. The summed E-state index contributed by atoms with van der Waals surface area (Å²) < 4.78 is 89.6. The Balaban J connectivity index is 2.00. The van der Waals surface area contributed by atoms with Crippen LogP contribution in [0.3, 0.4) is 0 Å². The van der Waals surface area contributed by atoms with Crippen LogP contribution in [0, 0.1) is 23.3 Å². The highest BCUT2D eigenvalue weighted by molar-refractivity contribution is 6.10. The number of carbonyl (C=O) groups is 2. The van der Waals surface area contributed by atoms with Crippen molar-refractivity contribution in [2.75, 3.05) is 19.5 Å². The highest BCUT2D eigenvalue weighted by Gasteiger charge is 2.29. The molecule has 0 aliphatic rings. The fourth-order valence-electron chi connectivity index (χ4n) is 2.69. The fraction of sp³-hybridized carbons (Fsp3) is 0.100. The van der Waals surface area contributed by atoms with Crippen LogP contribution in [0.15, 0.2) is 41.0 Å². The van der Waals surface area contributed by atoms with E-state index in [0.717, 1.165) is 43.7 Å². The lowest BCUT2D eigenvalue weighted by Crippen LogP contribution is -2.25. The van der Waals surface area contributed by atoms with Crippen LogP contribution in [-0.2, 0) is 4.84 Å². The number of methoxy groups -OCH3 is 1. The maximum Gasteiger partial charge on any atom is 0.292 e. The molecule has 0 radical (unpaired) electrons. The average molecular weight is 441 g/mol. The highest BCUT2D eigenvalue weighted by atomic mass is 19.2. The summed E-state index contributed by atoms with van der Waals surface area (Å²) >= 11 is 0. The highest BCUT2D eigenvalue weighted by Crippen LogP contribution is 2.36. The quantitative estimate of drug-likeness (QED) is 0.342. The van der Waals surface area contributed by atoms with Crippen LogP contribution < -0.4 is 15.5 Å². The van der Waals surface area contributed by atoms with E-state index in [-0.39, 0.29) is 11.3 Å². The van der Waals surface area contributed by atoms with Crippen LogP contribution in [0.2, 0.25) is 0 Å². The van der Waals surface area contributed by atoms with E-state index in [2.05, 4.69) is 9.57 Å². The third-order valence-electron chi connectivity index (χ3n) is 4.05. The van der Waals surface area contributed by atoms with Crippen molar-refractivity contribution in [3.8, 4) is 16.9 Å². The van der Waals surface area contributed by atoms with Gasteiger partial charge in [0.15, 0.2) is 23.3 Å². The number of furan rings is 1. The molecule has 1 aromatic heterocycles. The van der Waals surface area contributed by atoms with E-state index < -0.39 is 64.7 Å². The normalized spacial score (nSPS) is 12.5. The summed E-state index contributed by atoms with van der Waals surface area (Å²) in [6.07, 6.45) is 0.921. The monoisotopic (exact) mass is 441 g/mol. The second kappa shape index (κ2) is 8.88. The Morgan fingerprint density at radius 1 is 1.03 bits per heavy atom. The van der Waals surface area contributed by atoms with Gasteiger partial charge in [0.05, 0.1) is 35.7 Å². The second-order valence-corrected chi connectivity index (χ2v) is 5.89. The van der Waals surface area contributed by atoms with Crippen molar-refractivity contribution in [2.45, 2.75) is 0 Å². The minimum Gasteiger partial charge on any atom is -0.497 e. The summed E-state index contributed by atoms with van der Waals surface area (Å²) in [5.74, 6) is -11.0. The first-order valence-electron chi connectivity index (χ1n) is 9.82. The summed E-state index contributed by atoms with van der Waals surface area (Å²) in [6.45, 7) is 0. The molecule has 0 bridgehead atoms. The smallest absolute Gasteiger partial charge is 0.292 e. The molecular formula is C20H14F4N2O5. The minimum absolute atomic E-state index is 0.339. The lowest BCUT2D eigenvalue weighted by Gasteiger charge is -2.13. The summed E-state index contributed by atoms with van der Waals surface area (Å²) in [5.41, 5.74) is -1.56. The number of amides is 2. The predicted molar refractivity (Wildman–Crippen MR) is 99.4 cm³/mol. The summed E-state index contributed by atoms with van der Waals surface area (Å²) in [4.78, 5) is 28.7. The van der Waals surface area contributed by atoms with Crippen molar-refractivity contribution >= 4 is 17.5 Å². The SMILES string of the molecule is [2H]C([2H])([2H])Oc1cccc(-c2c(F)c(F)c(NC(=O)c3occc3C(=O)NOC)c(F)c2F)c1. The molecule has 2 aromatic carbocycles. The third-order valence-corrected chi connectivity index (χ3v) is 4.05. The Kier molecular flexibility index (Phi) is 5.14. The summed E-state index contributed by atoms with van der Waals surface area (Å²) in [6, 6.07) is 5.30. The zero-order chi connectivity index (χ0) is 25.2. The average Bonchev–Trinajstić information content (AvgIpc) is 3.25. The van der Waals surface area contributed by atoms with E-state index >= 15 is 0 Å². The molecule has 7 nitrogen and oxygen atoms in total. The van der Waals surface area contributed by atoms with Crippen LogP contribution in [0.25, 0.3) is 11.1 Å². The fourth-order valence-corrected chi connectivity index (χ4v) is 2.69. The van der Waals surface area contributed by atoms with Crippen molar-refractivity contribution in [1.29, 1.82) is 0 Å². The number of carbonyl (C=O) groups excluding carboxylic acids is 2. The van der Waals surface area contributed by atoms with Gasteiger partial charge in [-0.1, -0.05) is 12.1 Å².